The molecule has 1 aromatic carbocycles. The Morgan fingerprint density at radius 3 is 2.17 bits per heavy atom. The minimum atomic E-state index is -3.32. The predicted molar refractivity (Wildman–Crippen MR) is 93.2 cm³/mol. The average Bonchev–Trinajstić information content (AvgIpc) is 2.56. The van der Waals surface area contributed by atoms with Gasteiger partial charge in [0.25, 0.3) is 5.91 Å². The molecule has 1 unspecified atom stereocenters. The third-order valence-corrected chi connectivity index (χ3v) is 5.13. The number of methoxy groups -OCH3 is 2. The van der Waals surface area contributed by atoms with E-state index in [0.29, 0.717) is 23.5 Å². The highest BCUT2D eigenvalue weighted by atomic mass is 32.2. The van der Waals surface area contributed by atoms with Gasteiger partial charge in [0.1, 0.15) is 11.5 Å². The molecule has 0 saturated carbocycles. The second-order valence-electron chi connectivity index (χ2n) is 5.49. The molecular formula is C16H26N2O5S. The summed E-state index contributed by atoms with van der Waals surface area (Å²) in [6.07, 6.45) is 1.88. The van der Waals surface area contributed by atoms with E-state index >= 15 is 0 Å². The van der Waals surface area contributed by atoms with Crippen LogP contribution in [0.15, 0.2) is 18.2 Å². The third-order valence-electron chi connectivity index (χ3n) is 3.74. The van der Waals surface area contributed by atoms with Crippen molar-refractivity contribution < 1.29 is 22.7 Å². The zero-order valence-corrected chi connectivity index (χ0v) is 15.6. The van der Waals surface area contributed by atoms with Crippen LogP contribution in [0.3, 0.4) is 0 Å². The number of carbonyl (C=O) groups is 1. The number of benzene rings is 1. The van der Waals surface area contributed by atoms with Crippen LogP contribution in [0.25, 0.3) is 0 Å². The highest BCUT2D eigenvalue weighted by Crippen LogP contribution is 2.22. The molecule has 0 bridgehead atoms. The number of sulfonamides is 1. The topological polar surface area (TPSA) is 84.9 Å². The molecule has 0 heterocycles. The van der Waals surface area contributed by atoms with E-state index in [9.17, 15) is 13.2 Å². The lowest BCUT2D eigenvalue weighted by Crippen LogP contribution is -2.42. The van der Waals surface area contributed by atoms with Crippen molar-refractivity contribution in [3.05, 3.63) is 23.8 Å². The van der Waals surface area contributed by atoms with E-state index in [-0.39, 0.29) is 25.0 Å². The fourth-order valence-corrected chi connectivity index (χ4v) is 3.46. The molecule has 0 aliphatic carbocycles. The van der Waals surface area contributed by atoms with Gasteiger partial charge in [-0.25, -0.2) is 8.42 Å². The highest BCUT2D eigenvalue weighted by Gasteiger charge is 2.21. The Bertz CT molecular complexity index is 638. The number of hydrogen-bond acceptors (Lipinski definition) is 5. The molecule has 0 fully saturated rings. The largest absolute Gasteiger partial charge is 0.497 e. The molecule has 0 aliphatic rings. The Balaban J connectivity index is 2.75. The normalized spacial score (nSPS) is 12.8. The Morgan fingerprint density at radius 2 is 1.75 bits per heavy atom. The molecule has 1 aromatic rings. The molecule has 1 atom stereocenters. The van der Waals surface area contributed by atoms with Gasteiger partial charge in [0.2, 0.25) is 10.0 Å². The Hall–Kier alpha value is -1.80. The molecule has 8 heteroatoms. The second kappa shape index (κ2) is 8.89. The van der Waals surface area contributed by atoms with E-state index in [1.165, 1.54) is 24.8 Å². The summed E-state index contributed by atoms with van der Waals surface area (Å²) < 4.78 is 35.3. The van der Waals surface area contributed by atoms with Crippen molar-refractivity contribution in [2.24, 2.45) is 0 Å². The SMILES string of the molecule is CCC(C)N(CCNC(=O)c1cc(OC)cc(OC)c1)S(C)(=O)=O. The zero-order chi connectivity index (χ0) is 18.3. The Labute approximate surface area is 144 Å². The van der Waals surface area contributed by atoms with Crippen LogP contribution in [-0.2, 0) is 10.0 Å². The van der Waals surface area contributed by atoms with Crippen molar-refractivity contribution in [2.75, 3.05) is 33.6 Å². The molecule has 0 spiro atoms. The van der Waals surface area contributed by atoms with Gasteiger partial charge in [-0.05, 0) is 25.5 Å². The van der Waals surface area contributed by atoms with Gasteiger partial charge in [-0.15, -0.1) is 0 Å². The van der Waals surface area contributed by atoms with Crippen LogP contribution in [0.5, 0.6) is 11.5 Å². The first-order valence-corrected chi connectivity index (χ1v) is 9.55. The fraction of sp³-hybridized carbons (Fsp3) is 0.562. The van der Waals surface area contributed by atoms with Crippen molar-refractivity contribution >= 4 is 15.9 Å². The van der Waals surface area contributed by atoms with Crippen molar-refractivity contribution in [1.82, 2.24) is 9.62 Å². The minimum absolute atomic E-state index is 0.117. The lowest BCUT2D eigenvalue weighted by molar-refractivity contribution is 0.0949. The number of nitrogens with one attached hydrogen (secondary N) is 1. The van der Waals surface area contributed by atoms with E-state index in [4.69, 9.17) is 9.47 Å². The van der Waals surface area contributed by atoms with Gasteiger partial charge in [0.05, 0.1) is 20.5 Å². The minimum Gasteiger partial charge on any atom is -0.497 e. The van der Waals surface area contributed by atoms with Gasteiger partial charge in [0.15, 0.2) is 0 Å². The maximum Gasteiger partial charge on any atom is 0.251 e. The van der Waals surface area contributed by atoms with Crippen molar-refractivity contribution in [3.8, 4) is 11.5 Å². The fourth-order valence-electron chi connectivity index (χ4n) is 2.24. The van der Waals surface area contributed by atoms with Crippen LogP contribution in [0.1, 0.15) is 30.6 Å². The Kier molecular flexibility index (Phi) is 7.50. The lowest BCUT2D eigenvalue weighted by atomic mass is 10.2. The summed E-state index contributed by atoms with van der Waals surface area (Å²) >= 11 is 0. The van der Waals surface area contributed by atoms with E-state index < -0.39 is 10.0 Å². The maximum absolute atomic E-state index is 12.3. The number of hydrogen-bond donors (Lipinski definition) is 1. The summed E-state index contributed by atoms with van der Waals surface area (Å²) in [5, 5.41) is 2.73. The number of rotatable bonds is 9. The van der Waals surface area contributed by atoms with Crippen molar-refractivity contribution in [1.29, 1.82) is 0 Å². The first-order valence-electron chi connectivity index (χ1n) is 7.71. The molecule has 7 nitrogen and oxygen atoms in total. The van der Waals surface area contributed by atoms with Gasteiger partial charge in [0, 0.05) is 30.8 Å². The molecule has 1 rings (SSSR count). The molecule has 136 valence electrons. The third kappa shape index (κ3) is 5.68. The zero-order valence-electron chi connectivity index (χ0n) is 14.8. The molecule has 1 amide bonds. The van der Waals surface area contributed by atoms with Crippen LogP contribution in [0, 0.1) is 0 Å². The van der Waals surface area contributed by atoms with Crippen molar-refractivity contribution in [2.45, 2.75) is 26.3 Å². The summed E-state index contributed by atoms with van der Waals surface area (Å²) in [6, 6.07) is 4.75. The van der Waals surface area contributed by atoms with Gasteiger partial charge in [-0.1, -0.05) is 6.92 Å². The first-order chi connectivity index (χ1) is 11.2. The van der Waals surface area contributed by atoms with Gasteiger partial charge in [-0.2, -0.15) is 4.31 Å². The molecule has 1 N–H and O–H groups in total. The average molecular weight is 358 g/mol. The summed E-state index contributed by atoms with van der Waals surface area (Å²) in [5.41, 5.74) is 0.389. The quantitative estimate of drug-likeness (QED) is 0.723. The molecule has 0 radical (unpaired) electrons. The molecule has 0 saturated heterocycles. The summed E-state index contributed by atoms with van der Waals surface area (Å²) in [7, 11) is -0.305. The number of ether oxygens (including phenoxy) is 2. The monoisotopic (exact) mass is 358 g/mol. The molecule has 24 heavy (non-hydrogen) atoms. The summed E-state index contributed by atoms with van der Waals surface area (Å²) in [4.78, 5) is 12.3. The van der Waals surface area contributed by atoms with Crippen LogP contribution in [0.2, 0.25) is 0 Å². The van der Waals surface area contributed by atoms with Gasteiger partial charge >= 0.3 is 0 Å². The predicted octanol–water partition coefficient (Wildman–Crippen LogP) is 1.49. The summed E-state index contributed by atoms with van der Waals surface area (Å²) in [6.45, 7) is 4.20. The van der Waals surface area contributed by atoms with Gasteiger partial charge in [-0.3, -0.25) is 4.79 Å². The second-order valence-corrected chi connectivity index (χ2v) is 7.42. The summed E-state index contributed by atoms with van der Waals surface area (Å²) in [5.74, 6) is 0.707. The van der Waals surface area contributed by atoms with E-state index in [0.717, 1.165) is 0 Å². The molecule has 0 aliphatic heterocycles. The van der Waals surface area contributed by atoms with E-state index in [1.807, 2.05) is 13.8 Å². The smallest absolute Gasteiger partial charge is 0.251 e. The first kappa shape index (κ1) is 20.2. The highest BCUT2D eigenvalue weighted by molar-refractivity contribution is 7.88. The van der Waals surface area contributed by atoms with Crippen LogP contribution in [0.4, 0.5) is 0 Å². The van der Waals surface area contributed by atoms with E-state index in [2.05, 4.69) is 5.32 Å². The lowest BCUT2D eigenvalue weighted by Gasteiger charge is -2.26. The maximum atomic E-state index is 12.3. The Morgan fingerprint density at radius 1 is 1.21 bits per heavy atom. The molecular weight excluding hydrogens is 332 g/mol. The standard InChI is InChI=1S/C16H26N2O5S/c1-6-12(2)18(24(5,20)21)8-7-17-16(19)13-9-14(22-3)11-15(10-13)23-4/h9-12H,6-8H2,1-5H3,(H,17,19). The van der Waals surface area contributed by atoms with Crippen LogP contribution in [-0.4, -0.2) is 58.2 Å². The van der Waals surface area contributed by atoms with Crippen LogP contribution >= 0.6 is 0 Å². The number of nitrogens with zero attached hydrogens (tertiary/aromatic N) is 1. The van der Waals surface area contributed by atoms with Crippen LogP contribution < -0.4 is 14.8 Å². The molecule has 0 aromatic heterocycles. The van der Waals surface area contributed by atoms with Crippen molar-refractivity contribution in [3.63, 3.8) is 0 Å². The van der Waals surface area contributed by atoms with Gasteiger partial charge < -0.3 is 14.8 Å². The van der Waals surface area contributed by atoms with E-state index in [1.54, 1.807) is 18.2 Å². The number of amides is 1. The number of carbonyl (C=O) groups excluding carboxylic acids is 1.